The molecule has 1 N–H and O–H groups in total. The van der Waals surface area contributed by atoms with Crippen molar-refractivity contribution in [2.45, 2.75) is 30.9 Å². The Kier molecular flexibility index (Phi) is 4.27. The zero-order valence-electron chi connectivity index (χ0n) is 13.7. The molecule has 2 heterocycles. The van der Waals surface area contributed by atoms with Crippen molar-refractivity contribution < 1.29 is 9.21 Å². The van der Waals surface area contributed by atoms with Gasteiger partial charge in [0.15, 0.2) is 0 Å². The second kappa shape index (κ2) is 6.72. The number of aryl methyl sites for hydroxylation is 1. The summed E-state index contributed by atoms with van der Waals surface area (Å²) in [6.07, 6.45) is 2.21. The van der Waals surface area contributed by atoms with E-state index in [4.69, 9.17) is 4.42 Å². The van der Waals surface area contributed by atoms with Crippen LogP contribution in [0.1, 0.15) is 30.3 Å². The first-order chi connectivity index (χ1) is 12.2. The molecule has 7 nitrogen and oxygen atoms in total. The summed E-state index contributed by atoms with van der Waals surface area (Å²) in [6.45, 7) is 1.89. The van der Waals surface area contributed by atoms with Gasteiger partial charge >= 0.3 is 0 Å². The molecule has 4 rings (SSSR count). The Morgan fingerprint density at radius 3 is 2.88 bits per heavy atom. The van der Waals surface area contributed by atoms with Gasteiger partial charge in [-0.25, -0.2) is 4.68 Å². The maximum Gasteiger partial charge on any atom is 0.277 e. The minimum atomic E-state index is -0.145. The van der Waals surface area contributed by atoms with Gasteiger partial charge in [-0.3, -0.25) is 4.79 Å². The van der Waals surface area contributed by atoms with Crippen LogP contribution in [0, 0.1) is 6.92 Å². The normalized spacial score (nSPS) is 13.8. The molecule has 3 aromatic rings. The Hall–Kier alpha value is -2.61. The number of anilines is 1. The van der Waals surface area contributed by atoms with E-state index in [1.165, 1.54) is 11.8 Å². The molecule has 128 valence electrons. The van der Waals surface area contributed by atoms with Crippen LogP contribution in [0.25, 0.3) is 5.69 Å². The molecule has 1 aliphatic rings. The number of benzene rings is 1. The van der Waals surface area contributed by atoms with Gasteiger partial charge in [-0.1, -0.05) is 30.0 Å². The zero-order chi connectivity index (χ0) is 17.2. The summed E-state index contributed by atoms with van der Waals surface area (Å²) in [5.74, 6) is 1.79. The van der Waals surface area contributed by atoms with Crippen molar-refractivity contribution in [1.29, 1.82) is 0 Å². The molecule has 0 spiro atoms. The van der Waals surface area contributed by atoms with Crippen LogP contribution in [0.4, 0.5) is 5.82 Å². The third-order valence-corrected chi connectivity index (χ3v) is 4.59. The van der Waals surface area contributed by atoms with Gasteiger partial charge in [0.2, 0.25) is 11.8 Å². The monoisotopic (exact) mass is 355 g/mol. The molecule has 0 saturated heterocycles. The molecule has 25 heavy (non-hydrogen) atoms. The fourth-order valence-corrected chi connectivity index (χ4v) is 3.00. The molecule has 2 aromatic heterocycles. The molecule has 1 aromatic carbocycles. The third kappa shape index (κ3) is 3.74. The van der Waals surface area contributed by atoms with Crippen molar-refractivity contribution in [3.05, 3.63) is 48.0 Å². The largest absolute Gasteiger partial charge is 0.416 e. The molecule has 1 amide bonds. The number of rotatable bonds is 6. The van der Waals surface area contributed by atoms with Gasteiger partial charge in [0.1, 0.15) is 5.82 Å². The first-order valence-electron chi connectivity index (χ1n) is 8.07. The average molecular weight is 355 g/mol. The van der Waals surface area contributed by atoms with Crippen LogP contribution in [0.15, 0.2) is 46.0 Å². The lowest BCUT2D eigenvalue weighted by Crippen LogP contribution is -2.16. The molecule has 0 bridgehead atoms. The molecule has 1 fully saturated rings. The molecule has 0 radical (unpaired) electrons. The van der Waals surface area contributed by atoms with Crippen LogP contribution in [0.2, 0.25) is 0 Å². The summed E-state index contributed by atoms with van der Waals surface area (Å²) < 4.78 is 7.27. The lowest BCUT2D eigenvalue weighted by Gasteiger charge is -2.08. The van der Waals surface area contributed by atoms with E-state index in [0.29, 0.717) is 22.8 Å². The van der Waals surface area contributed by atoms with Crippen LogP contribution in [-0.2, 0) is 4.79 Å². The number of carbonyl (C=O) groups excluding carboxylic acids is 1. The van der Waals surface area contributed by atoms with Gasteiger partial charge < -0.3 is 9.73 Å². The van der Waals surface area contributed by atoms with Gasteiger partial charge in [-0.15, -0.1) is 10.2 Å². The number of hydrogen-bond donors (Lipinski definition) is 1. The topological polar surface area (TPSA) is 85.8 Å². The Morgan fingerprint density at radius 2 is 2.12 bits per heavy atom. The van der Waals surface area contributed by atoms with Crippen LogP contribution in [0.3, 0.4) is 0 Å². The highest BCUT2D eigenvalue weighted by molar-refractivity contribution is 7.99. The SMILES string of the molecule is Cc1cc(NC(=O)CSc2nnc(C3CC3)o2)n(-c2ccccc2)n1. The van der Waals surface area contributed by atoms with Crippen molar-refractivity contribution in [1.82, 2.24) is 20.0 Å². The van der Waals surface area contributed by atoms with E-state index >= 15 is 0 Å². The Balaban J connectivity index is 1.40. The Labute approximate surface area is 148 Å². The maximum atomic E-state index is 12.3. The molecule has 0 unspecified atom stereocenters. The first kappa shape index (κ1) is 15.9. The van der Waals surface area contributed by atoms with E-state index in [1.54, 1.807) is 4.68 Å². The van der Waals surface area contributed by atoms with E-state index < -0.39 is 0 Å². The molecule has 1 aliphatic carbocycles. The van der Waals surface area contributed by atoms with Gasteiger partial charge in [-0.05, 0) is 31.9 Å². The van der Waals surface area contributed by atoms with Crippen molar-refractivity contribution in [3.63, 3.8) is 0 Å². The predicted octanol–water partition coefficient (Wildman–Crippen LogP) is 3.17. The molecule has 0 atom stereocenters. The number of aromatic nitrogens is 4. The second-order valence-corrected chi connectivity index (χ2v) is 6.86. The third-order valence-electron chi connectivity index (χ3n) is 3.78. The molecular formula is C17H17N5O2S. The van der Waals surface area contributed by atoms with Crippen molar-refractivity contribution in [2.24, 2.45) is 0 Å². The standard InChI is InChI=1S/C17H17N5O2S/c1-11-9-14(22(21-11)13-5-3-2-4-6-13)18-15(23)10-25-17-20-19-16(24-17)12-7-8-12/h2-6,9,12H,7-8,10H2,1H3,(H,18,23). The van der Waals surface area contributed by atoms with Gasteiger partial charge in [0, 0.05) is 12.0 Å². The van der Waals surface area contributed by atoms with Crippen molar-refractivity contribution in [2.75, 3.05) is 11.1 Å². The summed E-state index contributed by atoms with van der Waals surface area (Å²) in [5, 5.41) is 15.8. The number of para-hydroxylation sites is 1. The van der Waals surface area contributed by atoms with Crippen LogP contribution >= 0.6 is 11.8 Å². The van der Waals surface area contributed by atoms with Gasteiger partial charge in [0.05, 0.1) is 17.1 Å². The highest BCUT2D eigenvalue weighted by Crippen LogP contribution is 2.39. The Morgan fingerprint density at radius 1 is 1.32 bits per heavy atom. The van der Waals surface area contributed by atoms with Crippen molar-refractivity contribution >= 4 is 23.5 Å². The quantitative estimate of drug-likeness (QED) is 0.684. The van der Waals surface area contributed by atoms with E-state index in [2.05, 4.69) is 20.6 Å². The maximum absolute atomic E-state index is 12.3. The predicted molar refractivity (Wildman–Crippen MR) is 93.9 cm³/mol. The van der Waals surface area contributed by atoms with Crippen LogP contribution in [0.5, 0.6) is 0 Å². The summed E-state index contributed by atoms with van der Waals surface area (Å²) in [7, 11) is 0. The summed E-state index contributed by atoms with van der Waals surface area (Å²) in [5.41, 5.74) is 1.72. The first-order valence-corrected chi connectivity index (χ1v) is 9.06. The van der Waals surface area contributed by atoms with Crippen molar-refractivity contribution in [3.8, 4) is 5.69 Å². The van der Waals surface area contributed by atoms with Gasteiger partial charge in [-0.2, -0.15) is 5.10 Å². The summed E-state index contributed by atoms with van der Waals surface area (Å²) >= 11 is 1.24. The fourth-order valence-electron chi connectivity index (χ4n) is 2.43. The fraction of sp³-hybridized carbons (Fsp3) is 0.294. The van der Waals surface area contributed by atoms with E-state index in [0.717, 1.165) is 24.2 Å². The molecule has 1 saturated carbocycles. The van der Waals surface area contributed by atoms with E-state index in [9.17, 15) is 4.79 Å². The van der Waals surface area contributed by atoms with Crippen LogP contribution < -0.4 is 5.32 Å². The minimum absolute atomic E-state index is 0.145. The van der Waals surface area contributed by atoms with E-state index in [1.807, 2.05) is 43.3 Å². The number of carbonyl (C=O) groups is 1. The van der Waals surface area contributed by atoms with E-state index in [-0.39, 0.29) is 11.7 Å². The van der Waals surface area contributed by atoms with Crippen LogP contribution in [-0.4, -0.2) is 31.6 Å². The number of nitrogens with one attached hydrogen (secondary N) is 1. The number of nitrogens with zero attached hydrogens (tertiary/aromatic N) is 4. The molecular weight excluding hydrogens is 338 g/mol. The second-order valence-electron chi connectivity index (χ2n) is 5.94. The van der Waals surface area contributed by atoms with Gasteiger partial charge in [0.25, 0.3) is 5.22 Å². The number of thioether (sulfide) groups is 1. The molecule has 0 aliphatic heterocycles. The lowest BCUT2D eigenvalue weighted by atomic mass is 10.3. The average Bonchev–Trinajstić information content (AvgIpc) is 3.25. The highest BCUT2D eigenvalue weighted by atomic mass is 32.2. The smallest absolute Gasteiger partial charge is 0.277 e. The number of amides is 1. The Bertz CT molecular complexity index is 886. The number of hydrogen-bond acceptors (Lipinski definition) is 6. The lowest BCUT2D eigenvalue weighted by molar-refractivity contribution is -0.113. The highest BCUT2D eigenvalue weighted by Gasteiger charge is 2.29. The molecule has 8 heteroatoms. The zero-order valence-corrected chi connectivity index (χ0v) is 14.5. The summed E-state index contributed by atoms with van der Waals surface area (Å²) in [4.78, 5) is 12.3. The minimum Gasteiger partial charge on any atom is -0.416 e. The summed E-state index contributed by atoms with van der Waals surface area (Å²) in [6, 6.07) is 11.5.